The molecule has 0 N–H and O–H groups in total. The Morgan fingerprint density at radius 3 is 2.52 bits per heavy atom. The molecule has 5 heteroatoms. The molecule has 0 atom stereocenters. The van der Waals surface area contributed by atoms with E-state index in [1.165, 1.54) is 6.08 Å². The first-order valence-corrected chi connectivity index (χ1v) is 8.94. The number of ether oxygens (including phenoxy) is 2. The molecule has 0 bridgehead atoms. The lowest BCUT2D eigenvalue weighted by Crippen LogP contribution is -1.99. The highest BCUT2D eigenvalue weighted by molar-refractivity contribution is 9.10. The molecule has 4 nitrogen and oxygen atoms in total. The zero-order chi connectivity index (χ0) is 19.2. The number of hydrogen-bond acceptors (Lipinski definition) is 4. The quantitative estimate of drug-likeness (QED) is 0.504. The largest absolute Gasteiger partial charge is 0.493 e. The number of allylic oxidation sites excluding steroid dienone is 1. The van der Waals surface area contributed by atoms with Crippen LogP contribution in [0.25, 0.3) is 16.8 Å². The van der Waals surface area contributed by atoms with Crippen molar-refractivity contribution in [1.29, 1.82) is 10.5 Å². The van der Waals surface area contributed by atoms with Crippen LogP contribution in [0.5, 0.6) is 11.5 Å². The Labute approximate surface area is 166 Å². The van der Waals surface area contributed by atoms with Crippen molar-refractivity contribution < 1.29 is 9.47 Å². The van der Waals surface area contributed by atoms with Gasteiger partial charge in [-0.1, -0.05) is 58.4 Å². The third-order valence-corrected chi connectivity index (χ3v) is 4.77. The fourth-order valence-electron chi connectivity index (χ4n) is 2.75. The molecule has 0 aromatic heterocycles. The summed E-state index contributed by atoms with van der Waals surface area (Å²) in [5.41, 5.74) is 1.76. The van der Waals surface area contributed by atoms with Gasteiger partial charge in [-0.05, 0) is 40.1 Å². The smallest absolute Gasteiger partial charge is 0.162 e. The summed E-state index contributed by atoms with van der Waals surface area (Å²) in [6.07, 6.45) is 1.50. The van der Waals surface area contributed by atoms with Crippen LogP contribution < -0.4 is 9.47 Å². The Morgan fingerprint density at radius 1 is 1.04 bits per heavy atom. The molecule has 0 unspecified atom stereocenters. The van der Waals surface area contributed by atoms with Gasteiger partial charge in [0.25, 0.3) is 0 Å². The van der Waals surface area contributed by atoms with E-state index >= 15 is 0 Å². The lowest BCUT2D eigenvalue weighted by Gasteiger charge is -2.14. The van der Waals surface area contributed by atoms with Crippen LogP contribution in [0.3, 0.4) is 0 Å². The van der Waals surface area contributed by atoms with Crippen molar-refractivity contribution >= 4 is 32.8 Å². The minimum Gasteiger partial charge on any atom is -0.493 e. The van der Waals surface area contributed by atoms with Crippen molar-refractivity contribution in [3.05, 3.63) is 75.8 Å². The maximum Gasteiger partial charge on any atom is 0.162 e. The van der Waals surface area contributed by atoms with E-state index in [0.717, 1.165) is 16.3 Å². The maximum atomic E-state index is 8.94. The van der Waals surface area contributed by atoms with Crippen LogP contribution in [0.2, 0.25) is 0 Å². The molecule has 0 spiro atoms. The van der Waals surface area contributed by atoms with Crippen molar-refractivity contribution in [2.24, 2.45) is 0 Å². The second-order valence-electron chi connectivity index (χ2n) is 5.73. The number of benzene rings is 3. The van der Waals surface area contributed by atoms with E-state index in [1.54, 1.807) is 19.2 Å². The lowest BCUT2D eigenvalue weighted by atomic mass is 10.1. The molecular weight excluding hydrogens is 404 g/mol. The standard InChI is InChI=1S/C22H15BrN2O2/c1-26-21-10-18(9-15(12-24)13-25)20(23)11-22(21)27-14-17-7-4-6-16-5-2-3-8-19(16)17/h2-11H,14H2,1H3. The van der Waals surface area contributed by atoms with Gasteiger partial charge >= 0.3 is 0 Å². The molecular formula is C22H15BrN2O2. The number of rotatable bonds is 5. The van der Waals surface area contributed by atoms with Crippen LogP contribution in [0.1, 0.15) is 11.1 Å². The van der Waals surface area contributed by atoms with Crippen molar-refractivity contribution in [2.45, 2.75) is 6.61 Å². The van der Waals surface area contributed by atoms with Crippen LogP contribution in [-0.2, 0) is 6.61 Å². The normalized spacial score (nSPS) is 9.93. The third-order valence-electron chi connectivity index (χ3n) is 4.09. The Kier molecular flexibility index (Phi) is 5.76. The van der Waals surface area contributed by atoms with E-state index in [2.05, 4.69) is 34.1 Å². The predicted molar refractivity (Wildman–Crippen MR) is 108 cm³/mol. The average molecular weight is 419 g/mol. The highest BCUT2D eigenvalue weighted by atomic mass is 79.9. The molecule has 132 valence electrons. The third kappa shape index (κ3) is 4.11. The second-order valence-corrected chi connectivity index (χ2v) is 6.59. The first-order valence-electron chi connectivity index (χ1n) is 8.15. The summed E-state index contributed by atoms with van der Waals surface area (Å²) in [4.78, 5) is 0. The van der Waals surface area contributed by atoms with E-state index < -0.39 is 0 Å². The van der Waals surface area contributed by atoms with Gasteiger partial charge in [-0.15, -0.1) is 0 Å². The molecule has 0 amide bonds. The summed E-state index contributed by atoms with van der Waals surface area (Å²) < 4.78 is 12.1. The highest BCUT2D eigenvalue weighted by Gasteiger charge is 2.11. The molecule has 3 aromatic carbocycles. The topological polar surface area (TPSA) is 66.0 Å². The first kappa shape index (κ1) is 18.5. The number of fused-ring (bicyclic) bond motifs is 1. The van der Waals surface area contributed by atoms with E-state index in [1.807, 2.05) is 36.4 Å². The van der Waals surface area contributed by atoms with E-state index in [-0.39, 0.29) is 5.57 Å². The Bertz CT molecular complexity index is 1090. The van der Waals surface area contributed by atoms with Gasteiger partial charge in [0.05, 0.1) is 7.11 Å². The summed E-state index contributed by atoms with van der Waals surface area (Å²) in [5.74, 6) is 1.10. The average Bonchev–Trinajstić information content (AvgIpc) is 2.71. The fraction of sp³-hybridized carbons (Fsp3) is 0.0909. The maximum absolute atomic E-state index is 8.94. The van der Waals surface area contributed by atoms with Crippen molar-refractivity contribution in [2.75, 3.05) is 7.11 Å². The summed E-state index contributed by atoms with van der Waals surface area (Å²) in [6, 6.07) is 21.5. The van der Waals surface area contributed by atoms with Gasteiger partial charge in [0.2, 0.25) is 0 Å². The zero-order valence-corrected chi connectivity index (χ0v) is 16.2. The molecule has 0 saturated heterocycles. The van der Waals surface area contributed by atoms with E-state index in [4.69, 9.17) is 20.0 Å². The molecule has 0 radical (unpaired) electrons. The lowest BCUT2D eigenvalue weighted by molar-refractivity contribution is 0.285. The van der Waals surface area contributed by atoms with Crippen molar-refractivity contribution in [1.82, 2.24) is 0 Å². The van der Waals surface area contributed by atoms with E-state index in [0.29, 0.717) is 28.1 Å². The number of hydrogen-bond donors (Lipinski definition) is 0. The number of nitriles is 2. The van der Waals surface area contributed by atoms with Gasteiger partial charge in [0, 0.05) is 4.47 Å². The van der Waals surface area contributed by atoms with E-state index in [9.17, 15) is 0 Å². The summed E-state index contributed by atoms with van der Waals surface area (Å²) >= 11 is 3.46. The predicted octanol–water partition coefficient (Wildman–Crippen LogP) is 5.62. The minimum absolute atomic E-state index is 0.0159. The Balaban J connectivity index is 1.91. The van der Waals surface area contributed by atoms with Gasteiger partial charge in [-0.2, -0.15) is 10.5 Å². The first-order chi connectivity index (χ1) is 13.2. The molecule has 0 aliphatic carbocycles. The fourth-order valence-corrected chi connectivity index (χ4v) is 3.19. The van der Waals surface area contributed by atoms with Crippen molar-refractivity contribution in [3.8, 4) is 23.6 Å². The number of methoxy groups -OCH3 is 1. The molecule has 0 fully saturated rings. The summed E-state index contributed by atoms with van der Waals surface area (Å²) in [7, 11) is 1.55. The Hall–Kier alpha value is -3.28. The summed E-state index contributed by atoms with van der Waals surface area (Å²) in [6.45, 7) is 0.390. The minimum atomic E-state index is 0.0159. The van der Waals surface area contributed by atoms with Crippen LogP contribution in [0.15, 0.2) is 64.6 Å². The van der Waals surface area contributed by atoms with Crippen LogP contribution >= 0.6 is 15.9 Å². The molecule has 0 heterocycles. The number of halogens is 1. The van der Waals surface area contributed by atoms with Crippen LogP contribution in [-0.4, -0.2) is 7.11 Å². The molecule has 27 heavy (non-hydrogen) atoms. The summed E-state index contributed by atoms with van der Waals surface area (Å²) in [5, 5.41) is 20.2. The van der Waals surface area contributed by atoms with Gasteiger partial charge in [0.1, 0.15) is 24.3 Å². The molecule has 3 rings (SSSR count). The van der Waals surface area contributed by atoms with Gasteiger partial charge < -0.3 is 9.47 Å². The highest BCUT2D eigenvalue weighted by Crippen LogP contribution is 2.35. The molecule has 0 aliphatic heterocycles. The van der Waals surface area contributed by atoms with Crippen LogP contribution in [0, 0.1) is 22.7 Å². The molecule has 0 aliphatic rings. The number of nitrogens with zero attached hydrogens (tertiary/aromatic N) is 2. The van der Waals surface area contributed by atoms with Gasteiger partial charge in [0.15, 0.2) is 11.5 Å². The Morgan fingerprint density at radius 2 is 1.78 bits per heavy atom. The molecule has 0 saturated carbocycles. The van der Waals surface area contributed by atoms with Crippen molar-refractivity contribution in [3.63, 3.8) is 0 Å². The van der Waals surface area contributed by atoms with Gasteiger partial charge in [-0.25, -0.2) is 0 Å². The molecule has 3 aromatic rings. The second kappa shape index (κ2) is 8.40. The zero-order valence-electron chi connectivity index (χ0n) is 14.6. The van der Waals surface area contributed by atoms with Crippen LogP contribution in [0.4, 0.5) is 0 Å². The van der Waals surface area contributed by atoms with Gasteiger partial charge in [-0.3, -0.25) is 0 Å². The SMILES string of the molecule is COc1cc(C=C(C#N)C#N)c(Br)cc1OCc1cccc2ccccc12. The monoisotopic (exact) mass is 418 g/mol.